The van der Waals surface area contributed by atoms with E-state index >= 15 is 0 Å². The maximum absolute atomic E-state index is 9.39. The van der Waals surface area contributed by atoms with Crippen LogP contribution in [0.5, 0.6) is 0 Å². The number of likely N-dealkylation sites (tertiary alicyclic amines) is 1. The minimum atomic E-state index is 0.202. The predicted octanol–water partition coefficient (Wildman–Crippen LogP) is 1.24. The Hall–Kier alpha value is -0.120. The molecule has 1 saturated heterocycles. The highest BCUT2D eigenvalue weighted by Gasteiger charge is 2.31. The van der Waals surface area contributed by atoms with E-state index in [0.717, 1.165) is 51.7 Å². The Bertz CT molecular complexity index is 159. The molecule has 90 valence electrons. The van der Waals surface area contributed by atoms with Crippen molar-refractivity contribution in [2.45, 2.75) is 39.0 Å². The average molecular weight is 215 g/mol. The Morgan fingerprint density at radius 1 is 1.13 bits per heavy atom. The van der Waals surface area contributed by atoms with Gasteiger partial charge in [0.05, 0.1) is 0 Å². The number of nitrogens with zero attached hydrogens (tertiary/aromatic N) is 1. The summed E-state index contributed by atoms with van der Waals surface area (Å²) >= 11 is 0. The Balaban J connectivity index is 2.22. The number of aliphatic hydroxyl groups is 2. The van der Waals surface area contributed by atoms with Gasteiger partial charge in [0, 0.05) is 13.2 Å². The van der Waals surface area contributed by atoms with Gasteiger partial charge >= 0.3 is 0 Å². The van der Waals surface area contributed by atoms with E-state index in [1.165, 1.54) is 0 Å². The molecule has 0 aliphatic carbocycles. The van der Waals surface area contributed by atoms with E-state index in [1.54, 1.807) is 0 Å². The zero-order chi connectivity index (χ0) is 11.1. The third-order valence-electron chi connectivity index (χ3n) is 3.88. The van der Waals surface area contributed by atoms with Gasteiger partial charge in [0.25, 0.3) is 0 Å². The van der Waals surface area contributed by atoms with Gasteiger partial charge in [-0.15, -0.1) is 0 Å². The summed E-state index contributed by atoms with van der Waals surface area (Å²) in [5.74, 6) is 0. The van der Waals surface area contributed by atoms with Gasteiger partial charge in [0.1, 0.15) is 0 Å². The molecule has 1 aliphatic heterocycles. The second-order valence-corrected chi connectivity index (χ2v) is 4.78. The monoisotopic (exact) mass is 215 g/mol. The number of hydrogen-bond acceptors (Lipinski definition) is 3. The van der Waals surface area contributed by atoms with Crippen LogP contribution in [0.4, 0.5) is 0 Å². The fourth-order valence-corrected chi connectivity index (χ4v) is 2.32. The van der Waals surface area contributed by atoms with Crippen molar-refractivity contribution >= 4 is 0 Å². The maximum atomic E-state index is 9.39. The Kier molecular flexibility index (Phi) is 5.58. The quantitative estimate of drug-likeness (QED) is 0.655. The van der Waals surface area contributed by atoms with E-state index in [4.69, 9.17) is 5.11 Å². The highest BCUT2D eigenvalue weighted by molar-refractivity contribution is 4.84. The first-order valence-corrected chi connectivity index (χ1v) is 6.20. The molecule has 1 rings (SSSR count). The van der Waals surface area contributed by atoms with Crippen LogP contribution in [0.2, 0.25) is 0 Å². The predicted molar refractivity (Wildman–Crippen MR) is 61.8 cm³/mol. The van der Waals surface area contributed by atoms with Crippen LogP contribution in [-0.4, -0.2) is 48.0 Å². The number of aliphatic hydroxyl groups excluding tert-OH is 2. The van der Waals surface area contributed by atoms with Crippen molar-refractivity contribution in [3.8, 4) is 0 Å². The van der Waals surface area contributed by atoms with Crippen LogP contribution in [-0.2, 0) is 0 Å². The van der Waals surface area contributed by atoms with Gasteiger partial charge in [-0.3, -0.25) is 0 Å². The molecule has 1 fully saturated rings. The summed E-state index contributed by atoms with van der Waals surface area (Å²) in [7, 11) is 0. The zero-order valence-corrected chi connectivity index (χ0v) is 9.91. The molecule has 3 heteroatoms. The van der Waals surface area contributed by atoms with Gasteiger partial charge in [-0.25, -0.2) is 0 Å². The van der Waals surface area contributed by atoms with Crippen LogP contribution in [0, 0.1) is 5.41 Å². The molecule has 0 spiro atoms. The molecule has 1 heterocycles. The minimum absolute atomic E-state index is 0.202. The highest BCUT2D eigenvalue weighted by Crippen LogP contribution is 2.34. The first kappa shape index (κ1) is 12.9. The van der Waals surface area contributed by atoms with E-state index in [0.29, 0.717) is 13.2 Å². The molecule has 15 heavy (non-hydrogen) atoms. The molecule has 1 aliphatic rings. The van der Waals surface area contributed by atoms with Gasteiger partial charge < -0.3 is 15.1 Å². The fourth-order valence-electron chi connectivity index (χ4n) is 2.32. The average Bonchev–Trinajstić information content (AvgIpc) is 2.31. The summed E-state index contributed by atoms with van der Waals surface area (Å²) < 4.78 is 0. The van der Waals surface area contributed by atoms with Gasteiger partial charge in [-0.2, -0.15) is 0 Å². The molecule has 0 unspecified atom stereocenters. The summed E-state index contributed by atoms with van der Waals surface area (Å²) in [6, 6.07) is 0. The summed E-state index contributed by atoms with van der Waals surface area (Å²) in [5.41, 5.74) is 0.202. The van der Waals surface area contributed by atoms with Gasteiger partial charge in [-0.05, 0) is 57.2 Å². The molecule has 0 aromatic carbocycles. The van der Waals surface area contributed by atoms with Crippen molar-refractivity contribution in [1.82, 2.24) is 4.90 Å². The van der Waals surface area contributed by atoms with Gasteiger partial charge in [0.2, 0.25) is 0 Å². The first-order valence-electron chi connectivity index (χ1n) is 6.20. The Morgan fingerprint density at radius 3 is 2.27 bits per heavy atom. The molecule has 0 atom stereocenters. The first-order chi connectivity index (χ1) is 7.26. The maximum Gasteiger partial charge on any atom is 0.0488 e. The molecule has 0 aromatic rings. The molecular weight excluding hydrogens is 190 g/mol. The summed E-state index contributed by atoms with van der Waals surface area (Å²) in [5, 5.41) is 18.1. The number of hydrogen-bond donors (Lipinski definition) is 2. The van der Waals surface area contributed by atoms with Crippen molar-refractivity contribution < 1.29 is 10.2 Å². The van der Waals surface area contributed by atoms with Crippen LogP contribution in [0.25, 0.3) is 0 Å². The lowest BCUT2D eigenvalue weighted by molar-refractivity contribution is 0.0400. The van der Waals surface area contributed by atoms with Crippen molar-refractivity contribution in [3.63, 3.8) is 0 Å². The molecule has 0 aromatic heterocycles. The molecule has 0 saturated carbocycles. The van der Waals surface area contributed by atoms with E-state index in [1.807, 2.05) is 0 Å². The van der Waals surface area contributed by atoms with Gasteiger partial charge in [-0.1, -0.05) is 6.92 Å². The van der Waals surface area contributed by atoms with Crippen LogP contribution < -0.4 is 0 Å². The molecular formula is C12H25NO2. The normalized spacial score (nSPS) is 21.8. The third-order valence-corrected chi connectivity index (χ3v) is 3.88. The van der Waals surface area contributed by atoms with Crippen LogP contribution in [0.15, 0.2) is 0 Å². The fraction of sp³-hybridized carbons (Fsp3) is 1.00. The Morgan fingerprint density at radius 2 is 1.80 bits per heavy atom. The minimum Gasteiger partial charge on any atom is -0.396 e. The zero-order valence-electron chi connectivity index (χ0n) is 9.91. The van der Waals surface area contributed by atoms with Crippen LogP contribution in [0.1, 0.15) is 39.0 Å². The topological polar surface area (TPSA) is 43.7 Å². The standard InChI is InChI=1S/C12H25NO2/c1-2-12(11-15)5-8-13(9-6-12)7-3-4-10-14/h14-15H,2-11H2,1H3. The molecule has 0 amide bonds. The summed E-state index contributed by atoms with van der Waals surface area (Å²) in [6.07, 6.45) is 5.34. The van der Waals surface area contributed by atoms with Crippen molar-refractivity contribution in [2.75, 3.05) is 32.8 Å². The van der Waals surface area contributed by atoms with Crippen molar-refractivity contribution in [2.24, 2.45) is 5.41 Å². The molecule has 0 radical (unpaired) electrons. The van der Waals surface area contributed by atoms with E-state index < -0.39 is 0 Å². The number of rotatable bonds is 6. The largest absolute Gasteiger partial charge is 0.396 e. The van der Waals surface area contributed by atoms with Crippen LogP contribution in [0.3, 0.4) is 0 Å². The van der Waals surface area contributed by atoms with Crippen LogP contribution >= 0.6 is 0 Å². The second-order valence-electron chi connectivity index (χ2n) is 4.78. The number of unbranched alkanes of at least 4 members (excludes halogenated alkanes) is 1. The SMILES string of the molecule is CCC1(CO)CCN(CCCCO)CC1. The van der Waals surface area contributed by atoms with E-state index in [2.05, 4.69) is 11.8 Å². The molecule has 2 N–H and O–H groups in total. The lowest BCUT2D eigenvalue weighted by Gasteiger charge is -2.40. The highest BCUT2D eigenvalue weighted by atomic mass is 16.3. The van der Waals surface area contributed by atoms with E-state index in [-0.39, 0.29) is 5.41 Å². The molecule has 0 bridgehead atoms. The van der Waals surface area contributed by atoms with Crippen molar-refractivity contribution in [1.29, 1.82) is 0 Å². The molecule has 3 nitrogen and oxygen atoms in total. The van der Waals surface area contributed by atoms with E-state index in [9.17, 15) is 5.11 Å². The lowest BCUT2D eigenvalue weighted by Crippen LogP contribution is -2.42. The number of piperidine rings is 1. The second kappa shape index (κ2) is 6.46. The van der Waals surface area contributed by atoms with Gasteiger partial charge in [0.15, 0.2) is 0 Å². The lowest BCUT2D eigenvalue weighted by atomic mass is 9.77. The smallest absolute Gasteiger partial charge is 0.0488 e. The summed E-state index contributed by atoms with van der Waals surface area (Å²) in [6.45, 7) is 6.15. The Labute approximate surface area is 93.1 Å². The summed E-state index contributed by atoms with van der Waals surface area (Å²) in [4.78, 5) is 2.46. The van der Waals surface area contributed by atoms with Crippen molar-refractivity contribution in [3.05, 3.63) is 0 Å². The third kappa shape index (κ3) is 3.74.